The van der Waals surface area contributed by atoms with Crippen molar-refractivity contribution in [3.8, 4) is 0 Å². The van der Waals surface area contributed by atoms with Crippen molar-refractivity contribution >= 4 is 5.69 Å². The lowest BCUT2D eigenvalue weighted by Crippen LogP contribution is -2.41. The Morgan fingerprint density at radius 2 is 1.67 bits per heavy atom. The third-order valence-electron chi connectivity index (χ3n) is 9.40. The Morgan fingerprint density at radius 1 is 1.00 bits per heavy atom. The SMILES string of the molecule is C.C/C=C\C=C(/C)C(NCON1CCC(C2COCN(CCCC(CCC)CCC)c3ccccc32)CC1)C1=CCC=C1.CC.CC.CC. The lowest BCUT2D eigenvalue weighted by atomic mass is 9.80. The summed E-state index contributed by atoms with van der Waals surface area (Å²) in [5, 5.41) is 5.81. The number of rotatable bonds is 16. The number of para-hydroxylation sites is 1. The highest BCUT2D eigenvalue weighted by molar-refractivity contribution is 5.56. The van der Waals surface area contributed by atoms with Crippen LogP contribution in [0.2, 0.25) is 0 Å². The molecule has 1 aromatic rings. The molecule has 2 heterocycles. The molecule has 1 saturated heterocycles. The molecule has 282 valence electrons. The zero-order valence-electron chi connectivity index (χ0n) is 32.9. The molecule has 0 spiro atoms. The van der Waals surface area contributed by atoms with E-state index in [1.165, 1.54) is 60.9 Å². The van der Waals surface area contributed by atoms with Crippen molar-refractivity contribution in [3.05, 3.63) is 77.4 Å². The molecule has 1 aromatic carbocycles. The number of nitrogens with zero attached hydrogens (tertiary/aromatic N) is 2. The van der Waals surface area contributed by atoms with Gasteiger partial charge in [0.15, 0.2) is 0 Å². The fourth-order valence-corrected chi connectivity index (χ4v) is 7.13. The lowest BCUT2D eigenvalue weighted by Gasteiger charge is -2.36. The van der Waals surface area contributed by atoms with E-state index in [0.717, 1.165) is 51.4 Å². The number of nitrogens with one attached hydrogen (secondary N) is 1. The number of hydrogen-bond donors (Lipinski definition) is 1. The molecule has 0 aromatic heterocycles. The van der Waals surface area contributed by atoms with E-state index < -0.39 is 0 Å². The fraction of sp³-hybridized carbons (Fsp3) is 0.682. The van der Waals surface area contributed by atoms with Crippen LogP contribution in [0, 0.1) is 11.8 Å². The Morgan fingerprint density at radius 3 is 2.29 bits per heavy atom. The number of ether oxygens (including phenoxy) is 1. The number of piperidine rings is 1. The molecule has 0 radical (unpaired) electrons. The lowest BCUT2D eigenvalue weighted by molar-refractivity contribution is -0.181. The van der Waals surface area contributed by atoms with E-state index in [1.54, 1.807) is 0 Å². The van der Waals surface area contributed by atoms with Crippen LogP contribution in [0.4, 0.5) is 5.69 Å². The predicted molar refractivity (Wildman–Crippen MR) is 218 cm³/mol. The molecule has 5 nitrogen and oxygen atoms in total. The van der Waals surface area contributed by atoms with Crippen molar-refractivity contribution in [2.24, 2.45) is 11.8 Å². The number of hydroxylamine groups is 2. The number of hydrogen-bond acceptors (Lipinski definition) is 5. The average Bonchev–Trinajstić information content (AvgIpc) is 3.61. The van der Waals surface area contributed by atoms with Gasteiger partial charge in [0.25, 0.3) is 0 Å². The maximum atomic E-state index is 6.38. The summed E-state index contributed by atoms with van der Waals surface area (Å²) in [4.78, 5) is 8.77. The normalized spacial score (nSPS) is 18.6. The van der Waals surface area contributed by atoms with Gasteiger partial charge in [-0.2, -0.15) is 5.06 Å². The van der Waals surface area contributed by atoms with Crippen LogP contribution >= 0.6 is 0 Å². The minimum Gasteiger partial charge on any atom is -0.360 e. The fourth-order valence-electron chi connectivity index (χ4n) is 7.13. The highest BCUT2D eigenvalue weighted by atomic mass is 16.7. The summed E-state index contributed by atoms with van der Waals surface area (Å²) in [6, 6.07) is 9.30. The van der Waals surface area contributed by atoms with Crippen molar-refractivity contribution in [2.45, 2.75) is 146 Å². The molecular weight excluding hydrogens is 603 g/mol. The van der Waals surface area contributed by atoms with Gasteiger partial charge in [0.05, 0.1) is 12.6 Å². The highest BCUT2D eigenvalue weighted by Crippen LogP contribution is 2.39. The number of anilines is 1. The van der Waals surface area contributed by atoms with Crippen LogP contribution in [0.5, 0.6) is 0 Å². The van der Waals surface area contributed by atoms with Crippen molar-refractivity contribution in [2.75, 3.05) is 44.6 Å². The van der Waals surface area contributed by atoms with Gasteiger partial charge in [-0.3, -0.25) is 10.2 Å². The van der Waals surface area contributed by atoms with Crippen LogP contribution in [-0.2, 0) is 9.57 Å². The summed E-state index contributed by atoms with van der Waals surface area (Å²) in [5.74, 6) is 1.94. The number of allylic oxidation sites excluding steroid dienone is 5. The Balaban J connectivity index is 0.00000312. The molecule has 1 N–H and O–H groups in total. The highest BCUT2D eigenvalue weighted by Gasteiger charge is 2.32. The first-order chi connectivity index (χ1) is 23.6. The molecule has 2 unspecified atom stereocenters. The van der Waals surface area contributed by atoms with E-state index in [9.17, 15) is 0 Å². The Labute approximate surface area is 305 Å². The van der Waals surface area contributed by atoms with Crippen LogP contribution in [0.3, 0.4) is 0 Å². The first kappa shape index (κ1) is 46.8. The van der Waals surface area contributed by atoms with Gasteiger partial charge < -0.3 is 9.64 Å². The maximum absolute atomic E-state index is 6.38. The molecule has 4 rings (SSSR count). The van der Waals surface area contributed by atoms with Gasteiger partial charge in [0.1, 0.15) is 13.5 Å². The molecule has 0 saturated carbocycles. The van der Waals surface area contributed by atoms with Gasteiger partial charge in [-0.25, -0.2) is 0 Å². The standard InChI is InChI=1S/C37H57N3O2.3C2H6.CH4/c1-5-8-16-30(4)37(33-18-9-10-19-33)38-28-42-40-25-22-32(23-26-40)35-27-41-29-39(36-21-12-11-20-34(35)36)24-13-17-31(14-6-2)15-7-3;3*1-2;/h5,8-9,11-12,16,18-21,31-32,35,37-38H,6-7,10,13-15,17,22-29H2,1-4H3;3*1-2H3;1H4/b8-5-,30-16+;;;;. The summed E-state index contributed by atoms with van der Waals surface area (Å²) in [7, 11) is 0. The first-order valence-electron chi connectivity index (χ1n) is 19.8. The molecule has 0 bridgehead atoms. The van der Waals surface area contributed by atoms with Crippen molar-refractivity contribution in [1.82, 2.24) is 10.4 Å². The van der Waals surface area contributed by atoms with Crippen LogP contribution in [0.1, 0.15) is 146 Å². The van der Waals surface area contributed by atoms with E-state index in [1.807, 2.05) is 41.5 Å². The van der Waals surface area contributed by atoms with Crippen molar-refractivity contribution in [1.29, 1.82) is 0 Å². The summed E-state index contributed by atoms with van der Waals surface area (Å²) in [6.45, 7) is 26.0. The zero-order valence-corrected chi connectivity index (χ0v) is 32.9. The second-order valence-corrected chi connectivity index (χ2v) is 12.5. The van der Waals surface area contributed by atoms with Crippen LogP contribution in [0.15, 0.2) is 71.9 Å². The Bertz CT molecular complexity index is 1050. The van der Waals surface area contributed by atoms with Crippen LogP contribution in [-0.4, -0.2) is 50.8 Å². The maximum Gasteiger partial charge on any atom is 0.119 e. The molecular formula is C44H79N3O2. The second-order valence-electron chi connectivity index (χ2n) is 12.5. The van der Waals surface area contributed by atoms with Crippen molar-refractivity contribution < 1.29 is 9.57 Å². The second kappa shape index (κ2) is 29.5. The van der Waals surface area contributed by atoms with E-state index in [2.05, 4.69) is 104 Å². The smallest absolute Gasteiger partial charge is 0.119 e. The summed E-state index contributed by atoms with van der Waals surface area (Å²) in [5.41, 5.74) is 5.52. The van der Waals surface area contributed by atoms with E-state index in [0.29, 0.717) is 25.3 Å². The van der Waals surface area contributed by atoms with E-state index in [-0.39, 0.29) is 13.5 Å². The van der Waals surface area contributed by atoms with Gasteiger partial charge in [0, 0.05) is 31.2 Å². The minimum absolute atomic E-state index is 0. The molecule has 1 fully saturated rings. The average molecular weight is 682 g/mol. The summed E-state index contributed by atoms with van der Waals surface area (Å²) >= 11 is 0. The Kier molecular flexibility index (Phi) is 28.2. The predicted octanol–water partition coefficient (Wildman–Crippen LogP) is 12.2. The van der Waals surface area contributed by atoms with Gasteiger partial charge in [-0.1, -0.05) is 149 Å². The monoisotopic (exact) mass is 682 g/mol. The summed E-state index contributed by atoms with van der Waals surface area (Å²) < 4.78 is 6.38. The number of benzene rings is 1. The van der Waals surface area contributed by atoms with Crippen molar-refractivity contribution in [3.63, 3.8) is 0 Å². The molecule has 49 heavy (non-hydrogen) atoms. The molecule has 3 aliphatic rings. The minimum atomic E-state index is 0. The summed E-state index contributed by atoms with van der Waals surface area (Å²) in [6.07, 6.45) is 24.3. The Hall–Kier alpha value is -2.18. The largest absolute Gasteiger partial charge is 0.360 e. The zero-order chi connectivity index (χ0) is 35.6. The van der Waals surface area contributed by atoms with E-state index in [4.69, 9.17) is 9.57 Å². The van der Waals surface area contributed by atoms with Crippen LogP contribution in [0.25, 0.3) is 0 Å². The van der Waals surface area contributed by atoms with Crippen LogP contribution < -0.4 is 10.2 Å². The third kappa shape index (κ3) is 16.1. The quantitative estimate of drug-likeness (QED) is 0.139. The molecule has 1 aliphatic carbocycles. The van der Waals surface area contributed by atoms with Gasteiger partial charge >= 0.3 is 0 Å². The molecule has 0 amide bonds. The van der Waals surface area contributed by atoms with Gasteiger partial charge in [-0.05, 0) is 75.0 Å². The molecule has 5 heteroatoms. The third-order valence-corrected chi connectivity index (χ3v) is 9.40. The molecule has 2 aliphatic heterocycles. The molecule has 2 atom stereocenters. The van der Waals surface area contributed by atoms with E-state index >= 15 is 0 Å². The first-order valence-corrected chi connectivity index (χ1v) is 19.8. The van der Waals surface area contributed by atoms with Gasteiger partial charge in [-0.15, -0.1) is 0 Å². The number of fused-ring (bicyclic) bond motifs is 1. The topological polar surface area (TPSA) is 37.0 Å². The van der Waals surface area contributed by atoms with Gasteiger partial charge in [0.2, 0.25) is 0 Å².